The van der Waals surface area contributed by atoms with Gasteiger partial charge in [0.05, 0.1) is 5.92 Å². The van der Waals surface area contributed by atoms with E-state index in [2.05, 4.69) is 6.92 Å². The molecule has 2 aliphatic heterocycles. The summed E-state index contributed by atoms with van der Waals surface area (Å²) >= 11 is 0. The van der Waals surface area contributed by atoms with Crippen LogP contribution in [0, 0.1) is 11.8 Å². The number of esters is 1. The molecule has 3 rings (SSSR count). The molecule has 0 saturated carbocycles. The average Bonchev–Trinajstić information content (AvgIpc) is 2.76. The number of hydrogen-bond donors (Lipinski definition) is 0. The van der Waals surface area contributed by atoms with Crippen molar-refractivity contribution in [2.45, 2.75) is 32.6 Å². The zero-order chi connectivity index (χ0) is 20.6. The van der Waals surface area contributed by atoms with Crippen molar-refractivity contribution in [2.24, 2.45) is 11.8 Å². The molecule has 6 nitrogen and oxygen atoms in total. The van der Waals surface area contributed by atoms with Crippen molar-refractivity contribution in [3.63, 3.8) is 0 Å². The molecule has 2 aliphatic rings. The van der Waals surface area contributed by atoms with Crippen LogP contribution in [0.4, 0.5) is 0 Å². The molecule has 1 atom stereocenters. The first kappa shape index (κ1) is 21.1. The van der Waals surface area contributed by atoms with Crippen molar-refractivity contribution in [1.29, 1.82) is 0 Å². The normalized spacial score (nSPS) is 20.7. The van der Waals surface area contributed by atoms with Crippen molar-refractivity contribution in [3.8, 4) is 0 Å². The smallest absolute Gasteiger partial charge is 0.309 e. The van der Waals surface area contributed by atoms with Gasteiger partial charge in [0.15, 0.2) is 6.61 Å². The van der Waals surface area contributed by atoms with Crippen molar-refractivity contribution in [2.75, 3.05) is 32.8 Å². The molecule has 29 heavy (non-hydrogen) atoms. The maximum Gasteiger partial charge on any atom is 0.309 e. The van der Waals surface area contributed by atoms with E-state index >= 15 is 0 Å². The molecule has 0 spiro atoms. The molecule has 0 aromatic heterocycles. The first-order chi connectivity index (χ1) is 14.0. The summed E-state index contributed by atoms with van der Waals surface area (Å²) in [6.45, 7) is 4.50. The van der Waals surface area contributed by atoms with Crippen LogP contribution in [0.3, 0.4) is 0 Å². The Morgan fingerprint density at radius 2 is 1.76 bits per heavy atom. The summed E-state index contributed by atoms with van der Waals surface area (Å²) in [5.74, 6) is -0.222. The fourth-order valence-electron chi connectivity index (χ4n) is 3.93. The summed E-state index contributed by atoms with van der Waals surface area (Å²) in [6.07, 6.45) is 6.66. The fraction of sp³-hybridized carbons (Fsp3) is 0.522. The Morgan fingerprint density at radius 3 is 2.45 bits per heavy atom. The lowest BCUT2D eigenvalue weighted by atomic mass is 9.97. The van der Waals surface area contributed by atoms with Crippen LogP contribution in [0.15, 0.2) is 36.4 Å². The van der Waals surface area contributed by atoms with Gasteiger partial charge in [0, 0.05) is 32.3 Å². The summed E-state index contributed by atoms with van der Waals surface area (Å²) in [7, 11) is 0. The first-order valence-corrected chi connectivity index (χ1v) is 10.5. The van der Waals surface area contributed by atoms with Gasteiger partial charge in [-0.2, -0.15) is 0 Å². The van der Waals surface area contributed by atoms with E-state index in [-0.39, 0.29) is 30.3 Å². The number of benzene rings is 1. The average molecular weight is 399 g/mol. The summed E-state index contributed by atoms with van der Waals surface area (Å²) in [5, 5.41) is 0. The summed E-state index contributed by atoms with van der Waals surface area (Å²) in [4.78, 5) is 40.5. The minimum atomic E-state index is -0.324. The molecule has 1 aromatic rings. The number of hydrogen-bond acceptors (Lipinski definition) is 4. The molecule has 2 fully saturated rings. The van der Waals surface area contributed by atoms with E-state index < -0.39 is 0 Å². The highest BCUT2D eigenvalue weighted by atomic mass is 16.5. The van der Waals surface area contributed by atoms with Crippen LogP contribution in [0.25, 0.3) is 6.08 Å². The third-order valence-corrected chi connectivity index (χ3v) is 5.71. The molecule has 2 saturated heterocycles. The van der Waals surface area contributed by atoms with Crippen LogP contribution < -0.4 is 0 Å². The second kappa shape index (κ2) is 10.2. The number of rotatable bonds is 5. The molecule has 156 valence electrons. The predicted octanol–water partition coefficient (Wildman–Crippen LogP) is 2.74. The standard InChI is InChI=1S/C23H30N2O4/c1-18-6-5-13-25(16-18)22(27)17-29-23(28)20-11-14-24(15-12-20)21(26)10-9-19-7-3-2-4-8-19/h2-4,7-10,18,20H,5-6,11-17H2,1H3/b10-9+. The van der Waals surface area contributed by atoms with Crippen LogP contribution in [0.1, 0.15) is 38.2 Å². The zero-order valence-electron chi connectivity index (χ0n) is 17.1. The molecular formula is C23H30N2O4. The molecular weight excluding hydrogens is 368 g/mol. The highest BCUT2D eigenvalue weighted by Crippen LogP contribution is 2.20. The number of amides is 2. The van der Waals surface area contributed by atoms with Gasteiger partial charge in [-0.3, -0.25) is 14.4 Å². The van der Waals surface area contributed by atoms with Gasteiger partial charge in [-0.25, -0.2) is 0 Å². The van der Waals surface area contributed by atoms with Gasteiger partial charge in [0.25, 0.3) is 5.91 Å². The number of carbonyl (C=O) groups is 3. The Hall–Kier alpha value is -2.63. The van der Waals surface area contributed by atoms with Gasteiger partial charge in [0.2, 0.25) is 5.91 Å². The van der Waals surface area contributed by atoms with Gasteiger partial charge < -0.3 is 14.5 Å². The summed E-state index contributed by atoms with van der Waals surface area (Å²) < 4.78 is 5.29. The maximum absolute atomic E-state index is 12.3. The van der Waals surface area contributed by atoms with E-state index in [0.717, 1.165) is 31.5 Å². The molecule has 0 radical (unpaired) electrons. The highest BCUT2D eigenvalue weighted by Gasteiger charge is 2.29. The molecule has 2 heterocycles. The monoisotopic (exact) mass is 398 g/mol. The second-order valence-electron chi connectivity index (χ2n) is 8.04. The number of ether oxygens (including phenoxy) is 1. The van der Waals surface area contributed by atoms with Crippen LogP contribution in [-0.2, 0) is 19.1 Å². The lowest BCUT2D eigenvalue weighted by Crippen LogP contribution is -2.42. The first-order valence-electron chi connectivity index (χ1n) is 10.5. The van der Waals surface area contributed by atoms with Crippen molar-refractivity contribution < 1.29 is 19.1 Å². The van der Waals surface area contributed by atoms with E-state index in [0.29, 0.717) is 31.8 Å². The topological polar surface area (TPSA) is 66.9 Å². The van der Waals surface area contributed by atoms with Crippen LogP contribution in [0.2, 0.25) is 0 Å². The molecule has 1 aromatic carbocycles. The Labute approximate surface area is 172 Å². The van der Waals surface area contributed by atoms with Gasteiger partial charge >= 0.3 is 5.97 Å². The Morgan fingerprint density at radius 1 is 1.03 bits per heavy atom. The minimum Gasteiger partial charge on any atom is -0.455 e. The summed E-state index contributed by atoms with van der Waals surface area (Å²) in [5.41, 5.74) is 0.979. The molecule has 2 amide bonds. The van der Waals surface area contributed by atoms with Gasteiger partial charge in [-0.1, -0.05) is 37.3 Å². The third kappa shape index (κ3) is 6.17. The lowest BCUT2D eigenvalue weighted by molar-refractivity contribution is -0.157. The summed E-state index contributed by atoms with van der Waals surface area (Å²) in [6, 6.07) is 9.68. The van der Waals surface area contributed by atoms with Crippen molar-refractivity contribution >= 4 is 23.9 Å². The quantitative estimate of drug-likeness (QED) is 0.565. The molecule has 0 bridgehead atoms. The Kier molecular flexibility index (Phi) is 7.44. The van der Waals surface area contributed by atoms with Gasteiger partial charge in [-0.15, -0.1) is 0 Å². The molecule has 6 heteroatoms. The zero-order valence-corrected chi connectivity index (χ0v) is 17.1. The van der Waals surface area contributed by atoms with Crippen LogP contribution in [-0.4, -0.2) is 60.4 Å². The van der Waals surface area contributed by atoms with Gasteiger partial charge in [-0.05, 0) is 43.2 Å². The fourth-order valence-corrected chi connectivity index (χ4v) is 3.93. The van der Waals surface area contributed by atoms with E-state index in [1.165, 1.54) is 0 Å². The molecule has 0 N–H and O–H groups in total. The van der Waals surface area contributed by atoms with Crippen LogP contribution in [0.5, 0.6) is 0 Å². The second-order valence-corrected chi connectivity index (χ2v) is 8.04. The number of piperidine rings is 2. The lowest BCUT2D eigenvalue weighted by Gasteiger charge is -2.32. The van der Waals surface area contributed by atoms with Crippen LogP contribution >= 0.6 is 0 Å². The van der Waals surface area contributed by atoms with E-state index in [4.69, 9.17) is 4.74 Å². The molecule has 1 unspecified atom stereocenters. The van der Waals surface area contributed by atoms with Crippen molar-refractivity contribution in [3.05, 3.63) is 42.0 Å². The van der Waals surface area contributed by atoms with Gasteiger partial charge in [0.1, 0.15) is 0 Å². The molecule has 0 aliphatic carbocycles. The Bertz CT molecular complexity index is 739. The maximum atomic E-state index is 12.3. The predicted molar refractivity (Wildman–Crippen MR) is 111 cm³/mol. The SMILES string of the molecule is CC1CCCN(C(=O)COC(=O)C2CCN(C(=O)/C=C/c3ccccc3)CC2)C1. The van der Waals surface area contributed by atoms with E-state index in [9.17, 15) is 14.4 Å². The van der Waals surface area contributed by atoms with Crippen molar-refractivity contribution in [1.82, 2.24) is 9.80 Å². The van der Waals surface area contributed by atoms with E-state index in [1.807, 2.05) is 30.3 Å². The Balaban J connectivity index is 1.39. The third-order valence-electron chi connectivity index (χ3n) is 5.71. The number of carbonyl (C=O) groups excluding carboxylic acids is 3. The minimum absolute atomic E-state index is 0.0462. The largest absolute Gasteiger partial charge is 0.455 e. The number of nitrogens with zero attached hydrogens (tertiary/aromatic N) is 2. The van der Waals surface area contributed by atoms with E-state index in [1.54, 1.807) is 22.0 Å². The number of likely N-dealkylation sites (tertiary alicyclic amines) is 2. The highest BCUT2D eigenvalue weighted by molar-refractivity contribution is 5.92.